The smallest absolute Gasteiger partial charge is 0.265 e. The molecule has 0 aliphatic rings. The van der Waals surface area contributed by atoms with Crippen LogP contribution in [0.2, 0.25) is 12.1 Å². The summed E-state index contributed by atoms with van der Waals surface area (Å²) in [5.74, 6) is 0. The molecule has 0 aliphatic carbocycles. The van der Waals surface area contributed by atoms with Crippen LogP contribution in [0.15, 0.2) is 0 Å². The van der Waals surface area contributed by atoms with Crippen molar-refractivity contribution in [3.05, 3.63) is 0 Å². The van der Waals surface area contributed by atoms with E-state index in [1.165, 1.54) is 0 Å². The fourth-order valence-corrected chi connectivity index (χ4v) is 2.47. The predicted molar refractivity (Wildman–Crippen MR) is 45.9 cm³/mol. The van der Waals surface area contributed by atoms with Crippen molar-refractivity contribution in [1.29, 1.82) is 0 Å². The predicted octanol–water partition coefficient (Wildman–Crippen LogP) is 0.402. The van der Waals surface area contributed by atoms with Crippen molar-refractivity contribution in [2.24, 2.45) is 11.1 Å². The molecule has 0 bridgehead atoms. The van der Waals surface area contributed by atoms with E-state index >= 15 is 0 Å². The van der Waals surface area contributed by atoms with Gasteiger partial charge >= 0.3 is 0 Å². The Balaban J connectivity index is 3.58. The number of nitrogens with two attached hydrogens (primary N) is 2. The second-order valence-electron chi connectivity index (χ2n) is 2.51. The van der Waals surface area contributed by atoms with Crippen molar-refractivity contribution in [1.82, 2.24) is 0 Å². The Kier molecular flexibility index (Phi) is 4.89. The molecule has 0 amide bonds. The number of hydrogen-bond acceptors (Lipinski definition) is 3. The van der Waals surface area contributed by atoms with Gasteiger partial charge in [-0.1, -0.05) is 6.92 Å². The van der Waals surface area contributed by atoms with E-state index in [9.17, 15) is 0 Å². The van der Waals surface area contributed by atoms with Crippen molar-refractivity contribution >= 4 is 8.48 Å². The van der Waals surface area contributed by atoms with Crippen LogP contribution in [-0.4, -0.2) is 22.1 Å². The molecule has 1 unspecified atom stereocenters. The summed E-state index contributed by atoms with van der Waals surface area (Å²) >= 11 is 0. The highest BCUT2D eigenvalue weighted by Gasteiger charge is 2.25. The van der Waals surface area contributed by atoms with Gasteiger partial charge in [-0.3, -0.25) is 0 Å². The minimum absolute atomic E-state index is 0.718. The highest BCUT2D eigenvalue weighted by atomic mass is 28.4. The minimum Gasteiger partial charge on any atom is -0.406 e. The van der Waals surface area contributed by atoms with Crippen LogP contribution in [0, 0.1) is 0 Å². The van der Waals surface area contributed by atoms with Gasteiger partial charge in [0.2, 0.25) is 0 Å². The molecule has 4 heteroatoms. The molecule has 0 aromatic heterocycles. The molecule has 0 saturated heterocycles. The molecular weight excluding hydrogens is 144 g/mol. The lowest BCUT2D eigenvalue weighted by molar-refractivity contribution is 0.391. The highest BCUT2D eigenvalue weighted by molar-refractivity contribution is 6.70. The molecule has 4 N–H and O–H groups in total. The zero-order valence-electron chi connectivity index (χ0n) is 6.89. The molecular formula is C6H18N2OSi. The maximum Gasteiger partial charge on any atom is 0.265 e. The Hall–Kier alpha value is 0.0969. The van der Waals surface area contributed by atoms with E-state index in [1.807, 2.05) is 0 Å². The highest BCUT2D eigenvalue weighted by Crippen LogP contribution is 2.10. The lowest BCUT2D eigenvalue weighted by Crippen LogP contribution is -2.47. The fourth-order valence-electron chi connectivity index (χ4n) is 0.824. The molecule has 10 heavy (non-hydrogen) atoms. The Morgan fingerprint density at radius 2 is 2.10 bits per heavy atom. The fraction of sp³-hybridized carbons (Fsp3) is 1.00. The summed E-state index contributed by atoms with van der Waals surface area (Å²) in [4.78, 5) is 0. The lowest BCUT2D eigenvalue weighted by Gasteiger charge is -2.21. The third kappa shape index (κ3) is 3.31. The molecule has 0 heterocycles. The summed E-state index contributed by atoms with van der Waals surface area (Å²) in [7, 11) is -0.0977. The monoisotopic (exact) mass is 162 g/mol. The average Bonchev–Trinajstić information content (AvgIpc) is 2.00. The average molecular weight is 162 g/mol. The van der Waals surface area contributed by atoms with Gasteiger partial charge in [0.1, 0.15) is 0 Å². The van der Waals surface area contributed by atoms with Gasteiger partial charge in [0.25, 0.3) is 8.48 Å². The van der Waals surface area contributed by atoms with Gasteiger partial charge in [0.15, 0.2) is 0 Å². The molecule has 0 radical (unpaired) electrons. The summed E-state index contributed by atoms with van der Waals surface area (Å²) in [5.41, 5.74) is 5.36. The molecule has 0 aromatic carbocycles. The molecule has 0 spiro atoms. The second-order valence-corrected chi connectivity index (χ2v) is 6.26. The van der Waals surface area contributed by atoms with E-state index in [4.69, 9.17) is 15.6 Å². The largest absolute Gasteiger partial charge is 0.406 e. The first-order valence-corrected chi connectivity index (χ1v) is 6.12. The second kappa shape index (κ2) is 4.84. The summed E-state index contributed by atoms with van der Waals surface area (Å²) in [6.45, 7) is 2.79. The summed E-state index contributed by atoms with van der Waals surface area (Å²) in [6.07, 6.45) is 0.990. The van der Waals surface area contributed by atoms with Gasteiger partial charge in [0.05, 0.1) is 0 Å². The van der Waals surface area contributed by atoms with Gasteiger partial charge in [-0.25, -0.2) is 0 Å². The van der Waals surface area contributed by atoms with Crippen LogP contribution in [0.5, 0.6) is 0 Å². The zero-order chi connectivity index (χ0) is 8.04. The van der Waals surface area contributed by atoms with E-state index in [-0.39, 0.29) is 0 Å². The van der Waals surface area contributed by atoms with Gasteiger partial charge in [-0.05, 0) is 25.1 Å². The molecule has 0 aromatic rings. The molecule has 0 fully saturated rings. The number of hydrogen-bond donors (Lipinski definition) is 2. The first kappa shape index (κ1) is 10.1. The van der Waals surface area contributed by atoms with E-state index in [0.717, 1.165) is 25.1 Å². The van der Waals surface area contributed by atoms with Crippen LogP contribution in [0.25, 0.3) is 0 Å². The maximum atomic E-state index is 5.94. The first-order valence-electron chi connectivity index (χ1n) is 3.72. The Morgan fingerprint density at radius 3 is 2.40 bits per heavy atom. The molecule has 62 valence electrons. The van der Waals surface area contributed by atoms with Gasteiger partial charge in [-0.2, -0.15) is 0 Å². The normalized spacial score (nSPS) is 16.8. The van der Waals surface area contributed by atoms with Crippen LogP contribution < -0.4 is 11.1 Å². The Labute approximate surface area is 63.9 Å². The number of rotatable bonds is 5. The van der Waals surface area contributed by atoms with Gasteiger partial charge < -0.3 is 15.6 Å². The van der Waals surface area contributed by atoms with Crippen LogP contribution in [0.4, 0.5) is 0 Å². The van der Waals surface area contributed by atoms with Crippen LogP contribution >= 0.6 is 0 Å². The summed E-state index contributed by atoms with van der Waals surface area (Å²) < 4.78 is 5.25. The van der Waals surface area contributed by atoms with E-state index in [1.54, 1.807) is 7.11 Å². The van der Waals surface area contributed by atoms with Crippen molar-refractivity contribution < 1.29 is 4.43 Å². The molecule has 0 aliphatic heterocycles. The molecule has 0 rings (SSSR count). The Bertz CT molecular complexity index is 85.8. The standard InChI is InChI=1S/C6H18N2OSi/c1-3-10(8,9-2)6-4-5-7/h3-8H2,1-2H3. The Morgan fingerprint density at radius 1 is 1.50 bits per heavy atom. The quantitative estimate of drug-likeness (QED) is 0.575. The van der Waals surface area contributed by atoms with E-state index in [2.05, 4.69) is 6.92 Å². The topological polar surface area (TPSA) is 61.3 Å². The third-order valence-corrected chi connectivity index (χ3v) is 5.02. The molecule has 1 atom stereocenters. The lowest BCUT2D eigenvalue weighted by atomic mass is 10.5. The zero-order valence-corrected chi connectivity index (χ0v) is 7.89. The van der Waals surface area contributed by atoms with Crippen LogP contribution in [-0.2, 0) is 4.43 Å². The van der Waals surface area contributed by atoms with Gasteiger partial charge in [0, 0.05) is 7.11 Å². The van der Waals surface area contributed by atoms with Crippen LogP contribution in [0.3, 0.4) is 0 Å². The van der Waals surface area contributed by atoms with Crippen molar-refractivity contribution in [3.8, 4) is 0 Å². The molecule has 3 nitrogen and oxygen atoms in total. The van der Waals surface area contributed by atoms with Crippen molar-refractivity contribution in [3.63, 3.8) is 0 Å². The SMILES string of the molecule is CC[Si](N)(CCCN)OC. The third-order valence-electron chi connectivity index (χ3n) is 1.81. The maximum absolute atomic E-state index is 5.94. The van der Waals surface area contributed by atoms with E-state index < -0.39 is 8.48 Å². The van der Waals surface area contributed by atoms with Crippen molar-refractivity contribution in [2.45, 2.75) is 25.4 Å². The molecule has 0 saturated carbocycles. The summed E-state index contributed by atoms with van der Waals surface area (Å²) in [6, 6.07) is 1.96. The van der Waals surface area contributed by atoms with Gasteiger partial charge in [-0.15, -0.1) is 0 Å². The first-order chi connectivity index (χ1) is 4.68. The van der Waals surface area contributed by atoms with Crippen molar-refractivity contribution in [2.75, 3.05) is 13.7 Å². The van der Waals surface area contributed by atoms with Crippen LogP contribution in [0.1, 0.15) is 13.3 Å². The summed E-state index contributed by atoms with van der Waals surface area (Å²) in [5, 5.41) is 5.94. The minimum atomic E-state index is -1.80. The van der Waals surface area contributed by atoms with E-state index in [0.29, 0.717) is 0 Å².